The van der Waals surface area contributed by atoms with Gasteiger partial charge in [-0.05, 0) is 24.1 Å². The molecule has 0 saturated carbocycles. The Hall–Kier alpha value is -1.26. The Morgan fingerprint density at radius 2 is 2.25 bits per heavy atom. The summed E-state index contributed by atoms with van der Waals surface area (Å²) in [5.74, 6) is -0.0500. The molecule has 0 aromatic heterocycles. The molecule has 0 fully saturated rings. The van der Waals surface area contributed by atoms with Gasteiger partial charge in [0.25, 0.3) is 5.91 Å². The van der Waals surface area contributed by atoms with Crippen molar-refractivity contribution in [3.8, 4) is 5.75 Å². The second-order valence-electron chi connectivity index (χ2n) is 3.39. The molecule has 1 aromatic carbocycles. The van der Waals surface area contributed by atoms with Gasteiger partial charge < -0.3 is 16.2 Å². The van der Waals surface area contributed by atoms with E-state index in [4.69, 9.17) is 27.8 Å². The van der Waals surface area contributed by atoms with Gasteiger partial charge in [0.2, 0.25) is 0 Å². The molecule has 0 heterocycles. The molecule has 1 rings (SSSR count). The van der Waals surface area contributed by atoms with Crippen molar-refractivity contribution in [2.75, 3.05) is 0 Å². The van der Waals surface area contributed by atoms with Crippen LogP contribution in [0.2, 0.25) is 5.02 Å². The van der Waals surface area contributed by atoms with E-state index in [1.54, 1.807) is 18.2 Å². The minimum absolute atomic E-state index is 0.410. The number of halogens is 1. The predicted molar refractivity (Wildman–Crippen MR) is 63.2 cm³/mol. The van der Waals surface area contributed by atoms with Crippen LogP contribution in [0.3, 0.4) is 0 Å². The number of ether oxygens (including phenoxy) is 1. The summed E-state index contributed by atoms with van der Waals surface area (Å²) in [6.07, 6.45) is -0.147. The van der Waals surface area contributed by atoms with Gasteiger partial charge in [0.05, 0.1) is 5.02 Å². The van der Waals surface area contributed by atoms with Gasteiger partial charge in [0.1, 0.15) is 5.75 Å². The molecule has 4 N–H and O–H groups in total. The highest BCUT2D eigenvalue weighted by molar-refractivity contribution is 6.32. The Kier molecular flexibility index (Phi) is 4.58. The number of amides is 1. The molecule has 0 aliphatic heterocycles. The number of hydrogen-bond acceptors (Lipinski definition) is 3. The number of hydrogen-bond donors (Lipinski definition) is 2. The Labute approximate surface area is 99.5 Å². The number of rotatable bonds is 5. The topological polar surface area (TPSA) is 78.3 Å². The summed E-state index contributed by atoms with van der Waals surface area (Å²) >= 11 is 5.98. The van der Waals surface area contributed by atoms with Crippen LogP contribution >= 0.6 is 11.6 Å². The average Bonchev–Trinajstić information content (AvgIpc) is 2.26. The molecule has 1 aromatic rings. The van der Waals surface area contributed by atoms with E-state index >= 15 is 0 Å². The minimum Gasteiger partial charge on any atom is -0.479 e. The average molecular weight is 243 g/mol. The molecular formula is C11H15ClN2O2. The molecule has 16 heavy (non-hydrogen) atoms. The number of benzene rings is 1. The lowest BCUT2D eigenvalue weighted by atomic mass is 10.2. The standard InChI is InChI=1S/C11H15ClN2O2/c1-2-9(11(14)15)16-10-4-3-7(6-13)5-8(10)12/h3-5,9H,2,6,13H2,1H3,(H2,14,15). The molecular weight excluding hydrogens is 228 g/mol. The lowest BCUT2D eigenvalue weighted by Crippen LogP contribution is -2.33. The number of nitrogens with two attached hydrogens (primary N) is 2. The first kappa shape index (κ1) is 12.8. The molecule has 5 heteroatoms. The van der Waals surface area contributed by atoms with E-state index in [2.05, 4.69) is 0 Å². The zero-order chi connectivity index (χ0) is 12.1. The first-order valence-corrected chi connectivity index (χ1v) is 5.40. The highest BCUT2D eigenvalue weighted by Gasteiger charge is 2.16. The second kappa shape index (κ2) is 5.72. The quantitative estimate of drug-likeness (QED) is 0.820. The van der Waals surface area contributed by atoms with Crippen LogP contribution in [0, 0.1) is 0 Å². The summed E-state index contributed by atoms with van der Waals surface area (Å²) in [4.78, 5) is 11.0. The van der Waals surface area contributed by atoms with E-state index in [0.29, 0.717) is 23.7 Å². The molecule has 88 valence electrons. The maximum absolute atomic E-state index is 11.0. The van der Waals surface area contributed by atoms with Crippen molar-refractivity contribution in [3.05, 3.63) is 28.8 Å². The van der Waals surface area contributed by atoms with Crippen LogP contribution in [0.25, 0.3) is 0 Å². The predicted octanol–water partition coefficient (Wildman–Crippen LogP) is 1.44. The molecule has 0 bridgehead atoms. The van der Waals surface area contributed by atoms with Crippen molar-refractivity contribution in [2.24, 2.45) is 11.5 Å². The largest absolute Gasteiger partial charge is 0.479 e. The summed E-state index contributed by atoms with van der Waals surface area (Å²) in [7, 11) is 0. The normalized spacial score (nSPS) is 12.2. The molecule has 0 aliphatic carbocycles. The molecule has 1 unspecified atom stereocenters. The van der Waals surface area contributed by atoms with Crippen molar-refractivity contribution < 1.29 is 9.53 Å². The smallest absolute Gasteiger partial charge is 0.258 e. The lowest BCUT2D eigenvalue weighted by Gasteiger charge is -2.15. The van der Waals surface area contributed by atoms with Gasteiger partial charge in [-0.3, -0.25) is 4.79 Å². The molecule has 0 spiro atoms. The third-order valence-electron chi connectivity index (χ3n) is 2.19. The summed E-state index contributed by atoms with van der Waals surface area (Å²) in [5, 5.41) is 0.433. The van der Waals surface area contributed by atoms with Crippen LogP contribution in [-0.2, 0) is 11.3 Å². The first-order chi connectivity index (χ1) is 7.58. The van der Waals surface area contributed by atoms with E-state index < -0.39 is 12.0 Å². The summed E-state index contributed by atoms with van der Waals surface area (Å²) < 4.78 is 5.41. The third kappa shape index (κ3) is 3.12. The summed E-state index contributed by atoms with van der Waals surface area (Å²) in [6, 6.07) is 5.20. The Morgan fingerprint density at radius 3 is 2.69 bits per heavy atom. The van der Waals surface area contributed by atoms with Crippen molar-refractivity contribution in [1.82, 2.24) is 0 Å². The Morgan fingerprint density at radius 1 is 1.56 bits per heavy atom. The van der Waals surface area contributed by atoms with Crippen LogP contribution in [-0.4, -0.2) is 12.0 Å². The van der Waals surface area contributed by atoms with Gasteiger partial charge in [-0.15, -0.1) is 0 Å². The number of carbonyl (C=O) groups excluding carboxylic acids is 1. The van der Waals surface area contributed by atoms with E-state index in [0.717, 1.165) is 5.56 Å². The van der Waals surface area contributed by atoms with E-state index in [1.807, 2.05) is 6.92 Å². The van der Waals surface area contributed by atoms with Gasteiger partial charge in [-0.25, -0.2) is 0 Å². The number of primary amides is 1. The van der Waals surface area contributed by atoms with Crippen molar-refractivity contribution in [1.29, 1.82) is 0 Å². The highest BCUT2D eigenvalue weighted by atomic mass is 35.5. The lowest BCUT2D eigenvalue weighted by molar-refractivity contribution is -0.124. The molecule has 0 saturated heterocycles. The van der Waals surface area contributed by atoms with Gasteiger partial charge in [-0.2, -0.15) is 0 Å². The monoisotopic (exact) mass is 242 g/mol. The third-order valence-corrected chi connectivity index (χ3v) is 2.48. The fourth-order valence-corrected chi connectivity index (χ4v) is 1.51. The van der Waals surface area contributed by atoms with Gasteiger partial charge in [0, 0.05) is 6.54 Å². The summed E-state index contributed by atoms with van der Waals surface area (Å²) in [5.41, 5.74) is 11.6. The maximum Gasteiger partial charge on any atom is 0.258 e. The van der Waals surface area contributed by atoms with Crippen molar-refractivity contribution >= 4 is 17.5 Å². The van der Waals surface area contributed by atoms with E-state index in [9.17, 15) is 4.79 Å². The van der Waals surface area contributed by atoms with Crippen LogP contribution in [0.5, 0.6) is 5.75 Å². The second-order valence-corrected chi connectivity index (χ2v) is 3.79. The van der Waals surface area contributed by atoms with Gasteiger partial charge in [-0.1, -0.05) is 24.6 Å². The van der Waals surface area contributed by atoms with E-state index in [-0.39, 0.29) is 0 Å². The van der Waals surface area contributed by atoms with Gasteiger partial charge in [0.15, 0.2) is 6.10 Å². The SMILES string of the molecule is CCC(Oc1ccc(CN)cc1Cl)C(N)=O. The fraction of sp³-hybridized carbons (Fsp3) is 0.364. The van der Waals surface area contributed by atoms with Crippen LogP contribution < -0.4 is 16.2 Å². The molecule has 4 nitrogen and oxygen atoms in total. The van der Waals surface area contributed by atoms with Crippen molar-refractivity contribution in [3.63, 3.8) is 0 Å². The molecule has 0 radical (unpaired) electrons. The number of carbonyl (C=O) groups is 1. The fourth-order valence-electron chi connectivity index (χ4n) is 1.26. The molecule has 1 atom stereocenters. The Balaban J connectivity index is 2.84. The van der Waals surface area contributed by atoms with E-state index in [1.165, 1.54) is 0 Å². The minimum atomic E-state index is -0.652. The van der Waals surface area contributed by atoms with Crippen LogP contribution in [0.1, 0.15) is 18.9 Å². The zero-order valence-electron chi connectivity index (χ0n) is 9.07. The van der Waals surface area contributed by atoms with Gasteiger partial charge >= 0.3 is 0 Å². The zero-order valence-corrected chi connectivity index (χ0v) is 9.83. The van der Waals surface area contributed by atoms with Crippen molar-refractivity contribution in [2.45, 2.75) is 26.0 Å². The molecule has 1 amide bonds. The first-order valence-electron chi connectivity index (χ1n) is 5.03. The van der Waals surface area contributed by atoms with Crippen LogP contribution in [0.4, 0.5) is 0 Å². The maximum atomic E-state index is 11.0. The highest BCUT2D eigenvalue weighted by Crippen LogP contribution is 2.26. The Bertz CT molecular complexity index is 382. The molecule has 0 aliphatic rings. The summed E-state index contributed by atoms with van der Waals surface area (Å²) in [6.45, 7) is 2.23. The van der Waals surface area contributed by atoms with Crippen LogP contribution in [0.15, 0.2) is 18.2 Å².